The molecule has 0 aliphatic heterocycles. The van der Waals surface area contributed by atoms with E-state index in [1.54, 1.807) is 23.1 Å². The highest BCUT2D eigenvalue weighted by Crippen LogP contribution is 2.31. The van der Waals surface area contributed by atoms with Gasteiger partial charge in [0.1, 0.15) is 11.6 Å². The molecule has 0 saturated carbocycles. The molecule has 2 aromatic carbocycles. The molecular weight excluding hydrogens is 906 g/mol. The van der Waals surface area contributed by atoms with Gasteiger partial charge in [-0.3, -0.25) is 9.97 Å². The average molecular weight is 939 g/mol. The summed E-state index contributed by atoms with van der Waals surface area (Å²) in [5, 5.41) is 11.8. The second-order valence-corrected chi connectivity index (χ2v) is 15.4. The Bertz CT molecular complexity index is 2880. The number of allylic oxidation sites excluding steroid dienone is 2. The second kappa shape index (κ2) is 18.0. The van der Waals surface area contributed by atoms with E-state index < -0.39 is 11.6 Å². The van der Waals surface area contributed by atoms with E-state index in [0.29, 0.717) is 51.0 Å². The minimum absolute atomic E-state index is 0.143. The number of nitrogens with one attached hydrogen (secondary N) is 1. The molecule has 10 rings (SSSR count). The number of benzene rings is 2. The lowest BCUT2D eigenvalue weighted by Gasteiger charge is -2.11. The summed E-state index contributed by atoms with van der Waals surface area (Å²) in [6.45, 7) is 1.44. The number of nitrogens with two attached hydrogens (primary N) is 1. The number of nitrogens with zero attached hydrogens (tertiary/aromatic N) is 10. The predicted octanol–water partition coefficient (Wildman–Crippen LogP) is 9.25. The molecule has 2 aliphatic rings. The molecule has 296 valence electrons. The molecule has 2 aliphatic carbocycles. The summed E-state index contributed by atoms with van der Waals surface area (Å²) in [4.78, 5) is 25.0. The maximum atomic E-state index is 13.6. The summed E-state index contributed by atoms with van der Waals surface area (Å²) in [5.74, 6) is 0.339. The Morgan fingerprint density at radius 3 is 1.76 bits per heavy atom. The van der Waals surface area contributed by atoms with Crippen LogP contribution in [0.3, 0.4) is 0 Å². The van der Waals surface area contributed by atoms with Gasteiger partial charge in [0.15, 0.2) is 22.9 Å². The van der Waals surface area contributed by atoms with Gasteiger partial charge in [0, 0.05) is 30.1 Å². The van der Waals surface area contributed by atoms with Crippen molar-refractivity contribution < 1.29 is 8.78 Å². The lowest BCUT2D eigenvalue weighted by molar-refractivity contribution is 0.621. The first-order valence-corrected chi connectivity index (χ1v) is 20.4. The van der Waals surface area contributed by atoms with Gasteiger partial charge < -0.3 is 11.1 Å². The fourth-order valence-corrected chi connectivity index (χ4v) is 7.66. The number of pyridine rings is 2. The van der Waals surface area contributed by atoms with Crippen LogP contribution in [-0.4, -0.2) is 62.2 Å². The van der Waals surface area contributed by atoms with Crippen LogP contribution in [0.15, 0.2) is 119 Å². The molecule has 0 spiro atoms. The van der Waals surface area contributed by atoms with E-state index in [1.807, 2.05) is 0 Å². The van der Waals surface area contributed by atoms with Crippen molar-refractivity contribution in [3.05, 3.63) is 158 Å². The Labute approximate surface area is 358 Å². The van der Waals surface area contributed by atoms with Crippen molar-refractivity contribution in [2.75, 3.05) is 18.4 Å². The molecule has 0 unspecified atom stereocenters. The van der Waals surface area contributed by atoms with Gasteiger partial charge in [0.25, 0.3) is 0 Å². The fraction of sp³-hybridized carbons (Fsp3) is 0.143. The molecule has 6 heterocycles. The number of aromatic nitrogens is 10. The Balaban J connectivity index is 0.000000137. The van der Waals surface area contributed by atoms with Crippen LogP contribution < -0.4 is 11.1 Å². The van der Waals surface area contributed by atoms with Gasteiger partial charge in [-0.2, -0.15) is 29.2 Å². The Morgan fingerprint density at radius 2 is 1.19 bits per heavy atom. The molecule has 6 aromatic heterocycles. The minimum atomic E-state index is -0.459. The smallest absolute Gasteiger partial charge is 0.227 e. The highest BCUT2D eigenvalue weighted by atomic mass is 79.9. The van der Waals surface area contributed by atoms with E-state index >= 15 is 0 Å². The van der Waals surface area contributed by atoms with Gasteiger partial charge in [-0.1, -0.05) is 60.7 Å². The maximum Gasteiger partial charge on any atom is 0.227 e. The molecular formula is C42H33Br2ClF2N12. The van der Waals surface area contributed by atoms with Crippen molar-refractivity contribution in [2.24, 2.45) is 5.73 Å². The van der Waals surface area contributed by atoms with Crippen molar-refractivity contribution >= 4 is 71.8 Å². The van der Waals surface area contributed by atoms with Crippen LogP contribution in [0.1, 0.15) is 35.1 Å². The highest BCUT2D eigenvalue weighted by molar-refractivity contribution is 9.11. The number of anilines is 1. The van der Waals surface area contributed by atoms with Crippen molar-refractivity contribution in [1.29, 1.82) is 0 Å². The molecule has 3 N–H and O–H groups in total. The SMILES string of the molecule is Fc1cncc(-c2nc(Cl)n3ncc(Br)c3n2)c1.Fc1cncc(-c2nc(NCCC3=CCc4ccccc43)n3ncc(Br)c3n2)c1.NCCC1=CCc2ccccc21. The summed E-state index contributed by atoms with van der Waals surface area (Å²) >= 11 is 12.7. The molecule has 17 heteroatoms. The quantitative estimate of drug-likeness (QED) is 0.151. The first-order valence-electron chi connectivity index (χ1n) is 18.4. The first-order chi connectivity index (χ1) is 28.7. The van der Waals surface area contributed by atoms with Crippen LogP contribution in [0.4, 0.5) is 14.7 Å². The average Bonchev–Trinajstić information content (AvgIpc) is 4.05. The number of hydrogen-bond acceptors (Lipinski definition) is 10. The van der Waals surface area contributed by atoms with E-state index in [4.69, 9.17) is 17.3 Å². The van der Waals surface area contributed by atoms with Gasteiger partial charge in [0.2, 0.25) is 11.2 Å². The summed E-state index contributed by atoms with van der Waals surface area (Å²) in [6, 6.07) is 19.7. The molecule has 0 radical (unpaired) electrons. The van der Waals surface area contributed by atoms with Gasteiger partial charge >= 0.3 is 0 Å². The molecule has 8 aromatic rings. The van der Waals surface area contributed by atoms with Gasteiger partial charge in [-0.05, 0) is 121 Å². The summed E-state index contributed by atoms with van der Waals surface area (Å²) in [7, 11) is 0. The van der Waals surface area contributed by atoms with Gasteiger partial charge in [-0.15, -0.1) is 0 Å². The monoisotopic (exact) mass is 936 g/mol. The highest BCUT2D eigenvalue weighted by Gasteiger charge is 2.17. The van der Waals surface area contributed by atoms with Crippen molar-refractivity contribution in [2.45, 2.75) is 25.7 Å². The zero-order chi connectivity index (χ0) is 40.9. The Hall–Kier alpha value is -5.81. The topological polar surface area (TPSA) is 150 Å². The van der Waals surface area contributed by atoms with Gasteiger partial charge in [-0.25, -0.2) is 18.7 Å². The van der Waals surface area contributed by atoms with Crippen LogP contribution in [-0.2, 0) is 12.8 Å². The summed E-state index contributed by atoms with van der Waals surface area (Å²) in [6.07, 6.45) is 17.0. The number of hydrogen-bond donors (Lipinski definition) is 2. The maximum absolute atomic E-state index is 13.6. The molecule has 0 saturated heterocycles. The van der Waals surface area contributed by atoms with Crippen LogP contribution in [0.25, 0.3) is 45.2 Å². The van der Waals surface area contributed by atoms with E-state index in [1.165, 1.54) is 56.2 Å². The summed E-state index contributed by atoms with van der Waals surface area (Å²) in [5.41, 5.74) is 15.9. The molecule has 0 amide bonds. The van der Waals surface area contributed by atoms with E-state index in [0.717, 1.165) is 49.1 Å². The molecule has 0 fully saturated rings. The fourth-order valence-electron chi connectivity index (χ4n) is 6.76. The normalized spacial score (nSPS) is 12.6. The van der Waals surface area contributed by atoms with Crippen LogP contribution in [0, 0.1) is 11.6 Å². The lowest BCUT2D eigenvalue weighted by Crippen LogP contribution is -2.11. The van der Waals surface area contributed by atoms with Crippen LogP contribution in [0.2, 0.25) is 5.28 Å². The Morgan fingerprint density at radius 1 is 0.661 bits per heavy atom. The Kier molecular flexibility index (Phi) is 12.2. The van der Waals surface area contributed by atoms with E-state index in [2.05, 4.69) is 138 Å². The number of rotatable bonds is 8. The van der Waals surface area contributed by atoms with E-state index in [9.17, 15) is 8.78 Å². The largest absolute Gasteiger partial charge is 0.354 e. The summed E-state index contributed by atoms with van der Waals surface area (Å²) < 4.78 is 31.2. The zero-order valence-corrected chi connectivity index (χ0v) is 35.0. The lowest BCUT2D eigenvalue weighted by atomic mass is 10.0. The first kappa shape index (κ1) is 40.0. The second-order valence-electron chi connectivity index (χ2n) is 13.3. The van der Waals surface area contributed by atoms with Crippen LogP contribution in [0.5, 0.6) is 0 Å². The predicted molar refractivity (Wildman–Crippen MR) is 231 cm³/mol. The van der Waals surface area contributed by atoms with Crippen LogP contribution >= 0.6 is 43.5 Å². The standard InChI is InChI=1S/C21H16BrFN6.C11H13N.C10H4BrClFN5/c22-18-12-26-29-20(18)27-19(15-9-16(23)11-24-10-15)28-21(29)25-8-7-14-6-5-13-3-1-2-4-17(13)14;12-8-7-10-6-5-9-3-1-2-4-11(9)10;11-7-4-15-18-9(7)16-8(17-10(18)12)5-1-6(13)3-14-2-5/h1-4,6,9-12H,5,7-8H2,(H,25,27,28);1-4,6H,5,7-8,12H2;1-4H. The number of fused-ring (bicyclic) bond motifs is 4. The third kappa shape index (κ3) is 8.95. The van der Waals surface area contributed by atoms with Crippen molar-refractivity contribution in [1.82, 2.24) is 49.1 Å². The number of halogens is 5. The van der Waals surface area contributed by atoms with Crippen molar-refractivity contribution in [3.63, 3.8) is 0 Å². The molecule has 12 nitrogen and oxygen atoms in total. The van der Waals surface area contributed by atoms with Gasteiger partial charge in [0.05, 0.1) is 33.7 Å². The third-order valence-electron chi connectivity index (χ3n) is 9.49. The third-order valence-corrected chi connectivity index (χ3v) is 10.9. The molecule has 59 heavy (non-hydrogen) atoms. The van der Waals surface area contributed by atoms with E-state index in [-0.39, 0.29) is 5.28 Å². The minimum Gasteiger partial charge on any atom is -0.354 e. The van der Waals surface area contributed by atoms with Crippen molar-refractivity contribution in [3.8, 4) is 22.8 Å². The molecule has 0 atom stereocenters. The molecule has 0 bridgehead atoms. The zero-order valence-electron chi connectivity index (χ0n) is 31.1.